The molecule has 0 bridgehead atoms. The Hall–Kier alpha value is -0.280. The van der Waals surface area contributed by atoms with E-state index in [0.717, 1.165) is 30.2 Å². The summed E-state index contributed by atoms with van der Waals surface area (Å²) in [5.41, 5.74) is 2.40. The van der Waals surface area contributed by atoms with Crippen LogP contribution < -0.4 is 0 Å². The number of ether oxygens (including phenoxy) is 1. The zero-order valence-corrected chi connectivity index (χ0v) is 15.4. The molecule has 1 atom stereocenters. The van der Waals surface area contributed by atoms with Crippen molar-refractivity contribution < 1.29 is 4.74 Å². The fourth-order valence-corrected chi connectivity index (χ4v) is 2.99. The highest BCUT2D eigenvalue weighted by atomic mass is 35.5. The summed E-state index contributed by atoms with van der Waals surface area (Å²) in [5, 5.41) is 0.837. The molecule has 2 rings (SSSR count). The quantitative estimate of drug-likeness (QED) is 0.612. The predicted molar refractivity (Wildman–Crippen MR) is 97.3 cm³/mol. The molecule has 1 aromatic rings. The van der Waals surface area contributed by atoms with E-state index in [2.05, 4.69) is 30.9 Å². The summed E-state index contributed by atoms with van der Waals surface area (Å²) < 4.78 is 6.18. The van der Waals surface area contributed by atoms with Gasteiger partial charge in [0, 0.05) is 18.2 Å². The maximum absolute atomic E-state index is 6.18. The first kappa shape index (κ1) is 19.8. The normalized spacial score (nSPS) is 17.0. The minimum absolute atomic E-state index is 0. The van der Waals surface area contributed by atoms with Crippen LogP contribution in [0.3, 0.4) is 0 Å². The molecule has 1 aromatic carbocycles. The van der Waals surface area contributed by atoms with Gasteiger partial charge in [-0.25, -0.2) is 0 Å². The molecule has 1 fully saturated rings. The average Bonchev–Trinajstić information content (AvgIpc) is 2.50. The van der Waals surface area contributed by atoms with Crippen molar-refractivity contribution in [1.29, 1.82) is 0 Å². The second-order valence-corrected chi connectivity index (χ2v) is 6.49. The number of hydrogen-bond donors (Lipinski definition) is 0. The molecule has 0 aliphatic carbocycles. The smallest absolute Gasteiger partial charge is 0.0951 e. The Bertz CT molecular complexity index is 433. The van der Waals surface area contributed by atoms with E-state index in [9.17, 15) is 0 Å². The van der Waals surface area contributed by atoms with E-state index < -0.39 is 0 Å². The van der Waals surface area contributed by atoms with E-state index in [1.807, 2.05) is 6.07 Å². The van der Waals surface area contributed by atoms with Gasteiger partial charge in [0.05, 0.1) is 6.10 Å². The maximum atomic E-state index is 6.18. The molecule has 0 amide bonds. The lowest BCUT2D eigenvalue weighted by Crippen LogP contribution is -2.34. The van der Waals surface area contributed by atoms with E-state index in [0.29, 0.717) is 0 Å². The van der Waals surface area contributed by atoms with Gasteiger partial charge in [0.2, 0.25) is 0 Å². The third-order valence-corrected chi connectivity index (χ3v) is 4.67. The van der Waals surface area contributed by atoms with E-state index in [4.69, 9.17) is 16.3 Å². The standard InChI is InChI=1S/C18H28ClNO.ClH/c1-3-4-12-21-18(14-20-10-6-5-7-11-20)16-8-9-17(19)15(2)13-16;/h8-9,13,18H,3-7,10-12,14H2,1-2H3;1H. The van der Waals surface area contributed by atoms with Gasteiger partial charge in [-0.05, 0) is 56.5 Å². The fraction of sp³-hybridized carbons (Fsp3) is 0.667. The molecular formula is C18H29Cl2NO. The summed E-state index contributed by atoms with van der Waals surface area (Å²) >= 11 is 6.15. The summed E-state index contributed by atoms with van der Waals surface area (Å²) in [6.45, 7) is 8.53. The van der Waals surface area contributed by atoms with Crippen LogP contribution in [0.4, 0.5) is 0 Å². The molecule has 0 spiro atoms. The SMILES string of the molecule is CCCCOC(CN1CCCCC1)c1ccc(Cl)c(C)c1.Cl. The summed E-state index contributed by atoms with van der Waals surface area (Å²) in [6.07, 6.45) is 6.49. The van der Waals surface area contributed by atoms with Crippen molar-refractivity contribution in [2.75, 3.05) is 26.2 Å². The first-order valence-corrected chi connectivity index (χ1v) is 8.68. The summed E-state index contributed by atoms with van der Waals surface area (Å²) in [5.74, 6) is 0. The number of aryl methyl sites for hydroxylation is 1. The van der Waals surface area contributed by atoms with Crippen molar-refractivity contribution in [3.8, 4) is 0 Å². The van der Waals surface area contributed by atoms with E-state index in [1.54, 1.807) is 0 Å². The zero-order valence-electron chi connectivity index (χ0n) is 13.8. The first-order chi connectivity index (χ1) is 10.2. The van der Waals surface area contributed by atoms with Crippen LogP contribution in [0.1, 0.15) is 56.3 Å². The average molecular weight is 346 g/mol. The number of nitrogens with zero attached hydrogens (tertiary/aromatic N) is 1. The van der Waals surface area contributed by atoms with E-state index in [-0.39, 0.29) is 18.5 Å². The van der Waals surface area contributed by atoms with Gasteiger partial charge in [-0.15, -0.1) is 12.4 Å². The lowest BCUT2D eigenvalue weighted by Gasteiger charge is -2.31. The molecule has 1 saturated heterocycles. The van der Waals surface area contributed by atoms with Crippen molar-refractivity contribution in [3.63, 3.8) is 0 Å². The molecule has 1 heterocycles. The van der Waals surface area contributed by atoms with E-state index in [1.165, 1.54) is 44.3 Å². The van der Waals surface area contributed by atoms with Gasteiger partial charge < -0.3 is 9.64 Å². The zero-order chi connectivity index (χ0) is 15.1. The Morgan fingerprint density at radius 3 is 2.59 bits per heavy atom. The van der Waals surface area contributed by atoms with Crippen LogP contribution in [0, 0.1) is 6.92 Å². The van der Waals surface area contributed by atoms with Gasteiger partial charge in [0.25, 0.3) is 0 Å². The van der Waals surface area contributed by atoms with Gasteiger partial charge in [0.15, 0.2) is 0 Å². The maximum Gasteiger partial charge on any atom is 0.0951 e. The lowest BCUT2D eigenvalue weighted by atomic mass is 10.0. The van der Waals surface area contributed by atoms with Gasteiger partial charge >= 0.3 is 0 Å². The number of piperidine rings is 1. The second kappa shape index (κ2) is 10.5. The van der Waals surface area contributed by atoms with Gasteiger partial charge in [0.1, 0.15) is 0 Å². The Morgan fingerprint density at radius 2 is 1.95 bits per heavy atom. The van der Waals surface area contributed by atoms with Crippen LogP contribution in [0.5, 0.6) is 0 Å². The third kappa shape index (κ3) is 6.08. The van der Waals surface area contributed by atoms with Crippen molar-refractivity contribution in [3.05, 3.63) is 34.3 Å². The van der Waals surface area contributed by atoms with Crippen molar-refractivity contribution in [1.82, 2.24) is 4.90 Å². The third-order valence-electron chi connectivity index (χ3n) is 4.24. The Morgan fingerprint density at radius 1 is 1.23 bits per heavy atom. The Balaban J connectivity index is 0.00000242. The number of benzene rings is 1. The van der Waals surface area contributed by atoms with Crippen LogP contribution in [0.15, 0.2) is 18.2 Å². The van der Waals surface area contributed by atoms with Crippen LogP contribution >= 0.6 is 24.0 Å². The molecule has 1 aliphatic rings. The summed E-state index contributed by atoms with van der Waals surface area (Å²) in [6, 6.07) is 6.30. The fourth-order valence-electron chi connectivity index (χ4n) is 2.87. The van der Waals surface area contributed by atoms with Crippen LogP contribution in [0.25, 0.3) is 0 Å². The topological polar surface area (TPSA) is 12.5 Å². The molecule has 22 heavy (non-hydrogen) atoms. The number of unbranched alkanes of at least 4 members (excludes halogenated alkanes) is 1. The van der Waals surface area contributed by atoms with Crippen LogP contribution in [-0.4, -0.2) is 31.1 Å². The molecule has 0 radical (unpaired) electrons. The lowest BCUT2D eigenvalue weighted by molar-refractivity contribution is 0.0192. The molecular weight excluding hydrogens is 317 g/mol. The van der Waals surface area contributed by atoms with Gasteiger partial charge in [-0.3, -0.25) is 0 Å². The number of hydrogen-bond acceptors (Lipinski definition) is 2. The molecule has 0 aromatic heterocycles. The predicted octanol–water partition coefficient (Wildman–Crippen LogP) is 5.41. The van der Waals surface area contributed by atoms with E-state index >= 15 is 0 Å². The minimum Gasteiger partial charge on any atom is -0.372 e. The highest BCUT2D eigenvalue weighted by Crippen LogP contribution is 2.25. The number of rotatable bonds is 7. The number of halogens is 2. The molecule has 1 unspecified atom stereocenters. The van der Waals surface area contributed by atoms with Crippen molar-refractivity contribution >= 4 is 24.0 Å². The van der Waals surface area contributed by atoms with Crippen molar-refractivity contribution in [2.24, 2.45) is 0 Å². The monoisotopic (exact) mass is 345 g/mol. The van der Waals surface area contributed by atoms with Crippen LogP contribution in [-0.2, 0) is 4.74 Å². The Kier molecular flexibility index (Phi) is 9.42. The van der Waals surface area contributed by atoms with Crippen molar-refractivity contribution in [2.45, 2.75) is 52.1 Å². The second-order valence-electron chi connectivity index (χ2n) is 6.08. The first-order valence-electron chi connectivity index (χ1n) is 8.30. The van der Waals surface area contributed by atoms with Crippen LogP contribution in [0.2, 0.25) is 5.02 Å². The summed E-state index contributed by atoms with van der Waals surface area (Å²) in [4.78, 5) is 2.55. The minimum atomic E-state index is 0. The largest absolute Gasteiger partial charge is 0.372 e. The molecule has 4 heteroatoms. The molecule has 1 aliphatic heterocycles. The highest BCUT2D eigenvalue weighted by molar-refractivity contribution is 6.31. The Labute approximate surface area is 146 Å². The molecule has 0 N–H and O–H groups in total. The molecule has 126 valence electrons. The molecule has 2 nitrogen and oxygen atoms in total. The number of likely N-dealkylation sites (tertiary alicyclic amines) is 1. The highest BCUT2D eigenvalue weighted by Gasteiger charge is 2.19. The van der Waals surface area contributed by atoms with Gasteiger partial charge in [-0.1, -0.05) is 43.5 Å². The summed E-state index contributed by atoms with van der Waals surface area (Å²) in [7, 11) is 0. The van der Waals surface area contributed by atoms with Gasteiger partial charge in [-0.2, -0.15) is 0 Å². The molecule has 0 saturated carbocycles.